The Balaban J connectivity index is 2.32. The van der Waals surface area contributed by atoms with Gasteiger partial charge in [0.1, 0.15) is 0 Å². The zero-order chi connectivity index (χ0) is 13.3. The molecule has 0 aliphatic carbocycles. The lowest BCUT2D eigenvalue weighted by Gasteiger charge is -2.28. The molecule has 2 rings (SSSR count). The van der Waals surface area contributed by atoms with Gasteiger partial charge >= 0.3 is 0 Å². The molecule has 1 aromatic carbocycles. The van der Waals surface area contributed by atoms with Crippen LogP contribution < -0.4 is 0 Å². The summed E-state index contributed by atoms with van der Waals surface area (Å²) in [7, 11) is 0. The molecule has 1 heterocycles. The van der Waals surface area contributed by atoms with Crippen LogP contribution in [0.1, 0.15) is 24.8 Å². The van der Waals surface area contributed by atoms with Gasteiger partial charge < -0.3 is 0 Å². The minimum Gasteiger partial charge on any atom is -0.299 e. The van der Waals surface area contributed by atoms with Crippen molar-refractivity contribution >= 4 is 79.6 Å². The van der Waals surface area contributed by atoms with Crippen molar-refractivity contribution in [3.05, 3.63) is 27.9 Å². The molecule has 1 fully saturated rings. The zero-order valence-corrected chi connectivity index (χ0v) is 17.5. The largest absolute Gasteiger partial charge is 0.299 e. The SMILES string of the molecule is Brc1c(Br)c(Br)c(CN2CCCCC2)c(Br)c1Br. The smallest absolute Gasteiger partial charge is 0.0482 e. The number of benzene rings is 1. The number of likely N-dealkylation sites (tertiary alicyclic amines) is 1. The summed E-state index contributed by atoms with van der Waals surface area (Å²) in [5.74, 6) is 0. The number of rotatable bonds is 2. The van der Waals surface area contributed by atoms with E-state index < -0.39 is 0 Å². The highest BCUT2D eigenvalue weighted by Gasteiger charge is 2.20. The fraction of sp³-hybridized carbons (Fsp3) is 0.500. The number of piperidine rings is 1. The summed E-state index contributed by atoms with van der Waals surface area (Å²) in [4.78, 5) is 2.52. The molecule has 0 amide bonds. The summed E-state index contributed by atoms with van der Waals surface area (Å²) >= 11 is 18.2. The predicted octanol–water partition coefficient (Wildman–Crippen LogP) is 6.49. The monoisotopic (exact) mass is 565 g/mol. The van der Waals surface area contributed by atoms with E-state index in [9.17, 15) is 0 Å². The molecule has 1 aliphatic heterocycles. The Hall–Kier alpha value is 1.58. The molecule has 0 atom stereocenters. The average Bonchev–Trinajstić information content (AvgIpc) is 2.40. The third kappa shape index (κ3) is 3.42. The Morgan fingerprint density at radius 1 is 0.667 bits per heavy atom. The van der Waals surface area contributed by atoms with Crippen LogP contribution in [0.4, 0.5) is 0 Å². The summed E-state index contributed by atoms with van der Waals surface area (Å²) in [6, 6.07) is 0. The van der Waals surface area contributed by atoms with Crippen LogP contribution in [0.15, 0.2) is 22.4 Å². The van der Waals surface area contributed by atoms with E-state index in [0.717, 1.165) is 28.9 Å². The maximum atomic E-state index is 3.69. The fourth-order valence-corrected chi connectivity index (χ4v) is 5.51. The Morgan fingerprint density at radius 3 is 1.61 bits per heavy atom. The van der Waals surface area contributed by atoms with Gasteiger partial charge in [-0.3, -0.25) is 4.90 Å². The van der Waals surface area contributed by atoms with Crippen LogP contribution in [0.3, 0.4) is 0 Å². The van der Waals surface area contributed by atoms with Crippen molar-refractivity contribution in [3.8, 4) is 0 Å². The van der Waals surface area contributed by atoms with Crippen LogP contribution in [-0.2, 0) is 6.54 Å². The summed E-state index contributed by atoms with van der Waals surface area (Å²) in [6.45, 7) is 3.38. The van der Waals surface area contributed by atoms with Crippen molar-refractivity contribution in [2.75, 3.05) is 13.1 Å². The van der Waals surface area contributed by atoms with E-state index in [1.54, 1.807) is 0 Å². The minimum absolute atomic E-state index is 0.978. The van der Waals surface area contributed by atoms with Crippen molar-refractivity contribution in [1.29, 1.82) is 0 Å². The highest BCUT2D eigenvalue weighted by atomic mass is 79.9. The van der Waals surface area contributed by atoms with Crippen molar-refractivity contribution in [2.45, 2.75) is 25.8 Å². The summed E-state index contributed by atoms with van der Waals surface area (Å²) in [5, 5.41) is 0. The van der Waals surface area contributed by atoms with Crippen LogP contribution in [0.2, 0.25) is 0 Å². The van der Waals surface area contributed by atoms with E-state index in [1.807, 2.05) is 0 Å². The molecule has 1 nitrogen and oxygen atoms in total. The van der Waals surface area contributed by atoms with E-state index >= 15 is 0 Å². The van der Waals surface area contributed by atoms with Gasteiger partial charge in [0.05, 0.1) is 0 Å². The van der Waals surface area contributed by atoms with Gasteiger partial charge in [-0.2, -0.15) is 0 Å². The molecular weight excluding hydrogens is 558 g/mol. The van der Waals surface area contributed by atoms with Crippen LogP contribution in [0.5, 0.6) is 0 Å². The number of nitrogens with zero attached hydrogens (tertiary/aromatic N) is 1. The number of hydrogen-bond acceptors (Lipinski definition) is 1. The highest BCUT2D eigenvalue weighted by molar-refractivity contribution is 9.15. The molecule has 1 aliphatic rings. The second-order valence-corrected chi connectivity index (χ2v) is 8.35. The first kappa shape index (κ1) is 16.0. The standard InChI is InChI=1S/C12H12Br5N/c13-8-7(6-18-4-2-1-3-5-18)9(14)11(16)12(17)10(8)15/h1-6H2. The molecule has 0 bridgehead atoms. The minimum atomic E-state index is 0.978. The molecule has 1 saturated heterocycles. The third-order valence-electron chi connectivity index (χ3n) is 3.13. The fourth-order valence-electron chi connectivity index (χ4n) is 2.13. The van der Waals surface area contributed by atoms with E-state index in [0.29, 0.717) is 0 Å². The van der Waals surface area contributed by atoms with Gasteiger partial charge in [0, 0.05) is 28.9 Å². The summed E-state index contributed by atoms with van der Waals surface area (Å²) in [6.07, 6.45) is 3.99. The molecule has 100 valence electrons. The van der Waals surface area contributed by atoms with Gasteiger partial charge in [-0.1, -0.05) is 6.42 Å². The molecule has 0 spiro atoms. The predicted molar refractivity (Wildman–Crippen MR) is 94.1 cm³/mol. The Kier molecular flexibility index (Phi) is 6.23. The summed E-state index contributed by atoms with van der Waals surface area (Å²) in [5.41, 5.74) is 1.29. The highest BCUT2D eigenvalue weighted by Crippen LogP contribution is 2.44. The van der Waals surface area contributed by atoms with E-state index in [4.69, 9.17) is 0 Å². The second-order valence-electron chi connectivity index (χ2n) is 4.39. The summed E-state index contributed by atoms with van der Waals surface area (Å²) < 4.78 is 5.39. The molecule has 0 aromatic heterocycles. The average molecular weight is 570 g/mol. The maximum Gasteiger partial charge on any atom is 0.0482 e. The maximum absolute atomic E-state index is 3.69. The van der Waals surface area contributed by atoms with E-state index in [-0.39, 0.29) is 0 Å². The molecular formula is C12H12Br5N. The normalized spacial score (nSPS) is 17.2. The molecule has 0 radical (unpaired) electrons. The molecule has 0 unspecified atom stereocenters. The van der Waals surface area contributed by atoms with Gasteiger partial charge in [0.25, 0.3) is 0 Å². The second kappa shape index (κ2) is 7.03. The zero-order valence-electron chi connectivity index (χ0n) is 9.58. The first-order chi connectivity index (χ1) is 8.52. The number of halogens is 5. The van der Waals surface area contributed by atoms with Gasteiger partial charge in [-0.15, -0.1) is 0 Å². The Labute approximate surface area is 150 Å². The van der Waals surface area contributed by atoms with Crippen molar-refractivity contribution < 1.29 is 0 Å². The van der Waals surface area contributed by atoms with Crippen LogP contribution in [-0.4, -0.2) is 18.0 Å². The van der Waals surface area contributed by atoms with Gasteiger partial charge in [-0.25, -0.2) is 0 Å². The first-order valence-corrected chi connectivity index (χ1v) is 9.71. The lowest BCUT2D eigenvalue weighted by atomic mass is 10.1. The van der Waals surface area contributed by atoms with Crippen LogP contribution >= 0.6 is 79.6 Å². The van der Waals surface area contributed by atoms with Crippen molar-refractivity contribution in [3.63, 3.8) is 0 Å². The molecule has 0 N–H and O–H groups in total. The van der Waals surface area contributed by atoms with Crippen LogP contribution in [0, 0.1) is 0 Å². The van der Waals surface area contributed by atoms with Gasteiger partial charge in [-0.05, 0) is 111 Å². The van der Waals surface area contributed by atoms with Gasteiger partial charge in [0.15, 0.2) is 0 Å². The lowest BCUT2D eigenvalue weighted by Crippen LogP contribution is -2.29. The lowest BCUT2D eigenvalue weighted by molar-refractivity contribution is 0.220. The van der Waals surface area contributed by atoms with Crippen LogP contribution in [0.25, 0.3) is 0 Å². The topological polar surface area (TPSA) is 3.24 Å². The van der Waals surface area contributed by atoms with Crippen molar-refractivity contribution in [2.24, 2.45) is 0 Å². The third-order valence-corrected chi connectivity index (χ3v) is 9.39. The Bertz CT molecular complexity index is 425. The van der Waals surface area contributed by atoms with E-state index in [2.05, 4.69) is 84.5 Å². The molecule has 0 saturated carbocycles. The van der Waals surface area contributed by atoms with E-state index in [1.165, 1.54) is 37.9 Å². The molecule has 18 heavy (non-hydrogen) atoms. The number of hydrogen-bond donors (Lipinski definition) is 0. The first-order valence-electron chi connectivity index (χ1n) is 5.75. The molecule has 6 heteroatoms. The quantitative estimate of drug-likeness (QED) is 0.291. The van der Waals surface area contributed by atoms with Crippen molar-refractivity contribution in [1.82, 2.24) is 4.90 Å². The Morgan fingerprint density at radius 2 is 1.11 bits per heavy atom. The van der Waals surface area contributed by atoms with Gasteiger partial charge in [0.2, 0.25) is 0 Å². The molecule has 1 aromatic rings.